The second-order valence-corrected chi connectivity index (χ2v) is 9.37. The van der Waals surface area contributed by atoms with Crippen LogP contribution < -0.4 is 5.32 Å². The average Bonchev–Trinajstić information content (AvgIpc) is 3.22. The number of aromatic nitrogens is 3. The van der Waals surface area contributed by atoms with E-state index in [1.54, 1.807) is 36.4 Å². The summed E-state index contributed by atoms with van der Waals surface area (Å²) in [7, 11) is 0. The van der Waals surface area contributed by atoms with Gasteiger partial charge in [0.25, 0.3) is 0 Å². The van der Waals surface area contributed by atoms with Gasteiger partial charge >= 0.3 is 0 Å². The molecule has 1 amide bonds. The summed E-state index contributed by atoms with van der Waals surface area (Å²) < 4.78 is 2.12. The minimum absolute atomic E-state index is 0.152. The van der Waals surface area contributed by atoms with Gasteiger partial charge < -0.3 is 5.32 Å². The van der Waals surface area contributed by atoms with E-state index in [1.165, 1.54) is 18.2 Å². The summed E-state index contributed by atoms with van der Waals surface area (Å²) in [4.78, 5) is 12.6. The summed E-state index contributed by atoms with van der Waals surface area (Å²) in [6, 6.07) is 14.6. The second kappa shape index (κ2) is 10.4. The third-order valence-corrected chi connectivity index (χ3v) is 6.92. The second-order valence-electron chi connectivity index (χ2n) is 7.59. The van der Waals surface area contributed by atoms with Crippen molar-refractivity contribution < 1.29 is 4.79 Å². The van der Waals surface area contributed by atoms with Crippen molar-refractivity contribution in [3.05, 3.63) is 58.1 Å². The minimum atomic E-state index is -0.207. The quantitative estimate of drug-likeness (QED) is 0.410. The predicted molar refractivity (Wildman–Crippen MR) is 128 cm³/mol. The first-order valence-corrected chi connectivity index (χ1v) is 12.1. The van der Waals surface area contributed by atoms with Crippen LogP contribution in [0.4, 0.5) is 5.69 Å². The van der Waals surface area contributed by atoms with Crippen LogP contribution in [-0.4, -0.2) is 26.4 Å². The van der Waals surface area contributed by atoms with Gasteiger partial charge in [0.1, 0.15) is 6.07 Å². The molecule has 0 aliphatic heterocycles. The third kappa shape index (κ3) is 5.09. The van der Waals surface area contributed by atoms with Crippen LogP contribution in [0.1, 0.15) is 43.7 Å². The minimum Gasteiger partial charge on any atom is -0.324 e. The summed E-state index contributed by atoms with van der Waals surface area (Å²) in [5.41, 5.74) is 1.70. The summed E-state index contributed by atoms with van der Waals surface area (Å²) in [6.45, 7) is 0. The lowest BCUT2D eigenvalue weighted by molar-refractivity contribution is -0.113. The molecule has 1 aliphatic carbocycles. The molecule has 164 valence electrons. The molecule has 0 radical (unpaired) electrons. The van der Waals surface area contributed by atoms with Crippen molar-refractivity contribution in [1.29, 1.82) is 5.26 Å². The summed E-state index contributed by atoms with van der Waals surface area (Å²) in [5, 5.41) is 22.6. The highest BCUT2D eigenvalue weighted by atomic mass is 35.5. The Morgan fingerprint density at radius 1 is 1.16 bits per heavy atom. The van der Waals surface area contributed by atoms with Crippen molar-refractivity contribution in [2.75, 3.05) is 11.1 Å². The molecule has 1 aromatic heterocycles. The molecule has 0 bridgehead atoms. The van der Waals surface area contributed by atoms with Crippen LogP contribution in [0.25, 0.3) is 11.4 Å². The average molecular weight is 486 g/mol. The van der Waals surface area contributed by atoms with Crippen LogP contribution in [0.2, 0.25) is 10.0 Å². The van der Waals surface area contributed by atoms with Gasteiger partial charge in [-0.1, -0.05) is 66.4 Å². The fourth-order valence-electron chi connectivity index (χ4n) is 3.90. The first-order chi connectivity index (χ1) is 15.6. The molecule has 2 aromatic carbocycles. The molecule has 9 heteroatoms. The number of thioether (sulfide) groups is 1. The molecule has 1 heterocycles. The standard InChI is InChI=1S/C23H21Cl2N5OS/c24-16-10-11-18(19(25)12-16)22-28-29-23(30(22)17-7-2-1-3-8-17)32-14-21(31)27-20-9-5-4-6-15(20)13-26/h4-6,9-12,17H,1-3,7-8,14H2,(H,27,31). The number of hydrogen-bond donors (Lipinski definition) is 1. The van der Waals surface area contributed by atoms with E-state index in [9.17, 15) is 10.1 Å². The van der Waals surface area contributed by atoms with Crippen molar-refractivity contribution in [1.82, 2.24) is 14.8 Å². The van der Waals surface area contributed by atoms with Gasteiger partial charge in [-0.15, -0.1) is 10.2 Å². The zero-order valence-electron chi connectivity index (χ0n) is 17.2. The molecular formula is C23H21Cl2N5OS. The Balaban J connectivity index is 1.57. The number of nitrogens with one attached hydrogen (secondary N) is 1. The highest BCUT2D eigenvalue weighted by molar-refractivity contribution is 7.99. The predicted octanol–water partition coefficient (Wildman–Crippen LogP) is 6.36. The molecule has 1 fully saturated rings. The van der Waals surface area contributed by atoms with Gasteiger partial charge in [0.2, 0.25) is 5.91 Å². The van der Waals surface area contributed by atoms with Crippen molar-refractivity contribution in [2.24, 2.45) is 0 Å². The molecule has 6 nitrogen and oxygen atoms in total. The Morgan fingerprint density at radius 2 is 1.94 bits per heavy atom. The van der Waals surface area contributed by atoms with Gasteiger partial charge in [0.05, 0.1) is 22.0 Å². The number of para-hydroxylation sites is 1. The largest absolute Gasteiger partial charge is 0.324 e. The van der Waals surface area contributed by atoms with Gasteiger partial charge in [0, 0.05) is 16.6 Å². The van der Waals surface area contributed by atoms with Gasteiger partial charge in [-0.2, -0.15) is 5.26 Å². The fraction of sp³-hybridized carbons (Fsp3) is 0.304. The zero-order chi connectivity index (χ0) is 22.5. The number of rotatable bonds is 6. The van der Waals surface area contributed by atoms with Gasteiger partial charge in [-0.25, -0.2) is 0 Å². The van der Waals surface area contributed by atoms with E-state index in [4.69, 9.17) is 23.2 Å². The van der Waals surface area contributed by atoms with Crippen LogP contribution in [-0.2, 0) is 4.79 Å². The lowest BCUT2D eigenvalue weighted by Crippen LogP contribution is -2.17. The molecule has 0 unspecified atom stereocenters. The molecule has 1 saturated carbocycles. The first-order valence-electron chi connectivity index (χ1n) is 10.4. The number of carbonyl (C=O) groups excluding carboxylic acids is 1. The Morgan fingerprint density at radius 3 is 2.69 bits per heavy atom. The molecule has 32 heavy (non-hydrogen) atoms. The number of halogens is 2. The highest BCUT2D eigenvalue weighted by Crippen LogP contribution is 2.38. The van der Waals surface area contributed by atoms with E-state index in [0.717, 1.165) is 31.2 Å². The number of benzene rings is 2. The first kappa shape index (κ1) is 22.7. The van der Waals surface area contributed by atoms with Crippen molar-refractivity contribution in [3.63, 3.8) is 0 Å². The number of amides is 1. The van der Waals surface area contributed by atoms with Crippen molar-refractivity contribution in [3.8, 4) is 17.5 Å². The van der Waals surface area contributed by atoms with Crippen LogP contribution >= 0.6 is 35.0 Å². The summed E-state index contributed by atoms with van der Waals surface area (Å²) in [6.07, 6.45) is 5.58. The molecular weight excluding hydrogens is 465 g/mol. The molecule has 0 atom stereocenters. The number of nitrogens with zero attached hydrogens (tertiary/aromatic N) is 4. The van der Waals surface area contributed by atoms with Crippen LogP contribution in [0, 0.1) is 11.3 Å². The van der Waals surface area contributed by atoms with E-state index in [0.29, 0.717) is 32.3 Å². The summed E-state index contributed by atoms with van der Waals surface area (Å²) in [5.74, 6) is 0.636. The highest BCUT2D eigenvalue weighted by Gasteiger charge is 2.25. The molecule has 4 rings (SSSR count). The van der Waals surface area contributed by atoms with E-state index >= 15 is 0 Å². The van der Waals surface area contributed by atoms with E-state index < -0.39 is 0 Å². The number of carbonyl (C=O) groups is 1. The van der Waals surface area contributed by atoms with Gasteiger partial charge in [0.15, 0.2) is 11.0 Å². The Kier molecular flexibility index (Phi) is 7.36. The molecule has 3 aromatic rings. The number of anilines is 1. The SMILES string of the molecule is N#Cc1ccccc1NC(=O)CSc1nnc(-c2ccc(Cl)cc2Cl)n1C1CCCCC1. The van der Waals surface area contributed by atoms with E-state index in [1.807, 2.05) is 6.07 Å². The normalized spacial score (nSPS) is 14.2. The van der Waals surface area contributed by atoms with Crippen LogP contribution in [0.15, 0.2) is 47.6 Å². The van der Waals surface area contributed by atoms with Gasteiger partial charge in [-0.3, -0.25) is 9.36 Å². The Labute approximate surface area is 200 Å². The molecule has 1 aliphatic rings. The number of hydrogen-bond acceptors (Lipinski definition) is 5. The van der Waals surface area contributed by atoms with Crippen LogP contribution in [0.5, 0.6) is 0 Å². The Hall–Kier alpha value is -2.53. The van der Waals surface area contributed by atoms with Crippen LogP contribution in [0.3, 0.4) is 0 Å². The molecule has 1 N–H and O–H groups in total. The monoisotopic (exact) mass is 485 g/mol. The zero-order valence-corrected chi connectivity index (χ0v) is 19.6. The Bertz CT molecular complexity index is 1170. The fourth-order valence-corrected chi connectivity index (χ4v) is 5.20. The molecule has 0 spiro atoms. The third-order valence-electron chi connectivity index (χ3n) is 5.43. The van der Waals surface area contributed by atoms with E-state index in [-0.39, 0.29) is 17.7 Å². The maximum absolute atomic E-state index is 12.6. The van der Waals surface area contributed by atoms with Crippen molar-refractivity contribution >= 4 is 46.6 Å². The van der Waals surface area contributed by atoms with E-state index in [2.05, 4.69) is 26.2 Å². The lowest BCUT2D eigenvalue weighted by atomic mass is 9.95. The summed E-state index contributed by atoms with van der Waals surface area (Å²) >= 11 is 13.9. The van der Waals surface area contributed by atoms with Gasteiger partial charge in [-0.05, 0) is 43.2 Å². The van der Waals surface area contributed by atoms with Crippen molar-refractivity contribution in [2.45, 2.75) is 43.3 Å². The molecule has 0 saturated heterocycles. The maximum Gasteiger partial charge on any atom is 0.234 e. The topological polar surface area (TPSA) is 83.6 Å². The number of nitriles is 1. The lowest BCUT2D eigenvalue weighted by Gasteiger charge is -2.25. The smallest absolute Gasteiger partial charge is 0.234 e. The maximum atomic E-state index is 12.6.